The number of nitrogens with zero attached hydrogens (tertiary/aromatic N) is 2. The molecule has 1 aromatic heterocycles. The predicted molar refractivity (Wildman–Crippen MR) is 55.4 cm³/mol. The maximum atomic E-state index is 5.40. The summed E-state index contributed by atoms with van der Waals surface area (Å²) >= 11 is 0. The van der Waals surface area contributed by atoms with Gasteiger partial charge in [-0.05, 0) is 25.5 Å². The second-order valence-corrected chi connectivity index (χ2v) is 3.12. The Morgan fingerprint density at radius 1 is 1.29 bits per heavy atom. The van der Waals surface area contributed by atoms with Gasteiger partial charge < -0.3 is 4.74 Å². The molecule has 0 unspecified atom stereocenters. The van der Waals surface area contributed by atoms with Crippen molar-refractivity contribution in [1.29, 1.82) is 0 Å². The Balaban J connectivity index is 2.68. The molecule has 0 fully saturated rings. The normalized spacial score (nSPS) is 10.4. The van der Waals surface area contributed by atoms with Crippen molar-refractivity contribution in [3.8, 4) is 5.88 Å². The van der Waals surface area contributed by atoms with Crippen LogP contribution < -0.4 is 4.74 Å². The van der Waals surface area contributed by atoms with E-state index < -0.39 is 0 Å². The first-order chi connectivity index (χ1) is 6.83. The monoisotopic (exact) mass is 188 g/mol. The van der Waals surface area contributed by atoms with Gasteiger partial charge in [-0.1, -0.05) is 12.1 Å². The van der Waals surface area contributed by atoms with E-state index >= 15 is 0 Å². The van der Waals surface area contributed by atoms with E-state index in [4.69, 9.17) is 4.74 Å². The van der Waals surface area contributed by atoms with Crippen molar-refractivity contribution in [3.63, 3.8) is 0 Å². The molecule has 0 aliphatic heterocycles. The molecular formula is C11H12N2O. The van der Waals surface area contributed by atoms with Gasteiger partial charge in [0, 0.05) is 10.8 Å². The summed E-state index contributed by atoms with van der Waals surface area (Å²) in [5, 5.41) is 10.0. The third kappa shape index (κ3) is 1.41. The topological polar surface area (TPSA) is 35.0 Å². The second kappa shape index (κ2) is 3.62. The average molecular weight is 188 g/mol. The maximum Gasteiger partial charge on any atom is 0.241 e. The average Bonchev–Trinajstić information content (AvgIpc) is 2.20. The minimum Gasteiger partial charge on any atom is -0.476 e. The van der Waals surface area contributed by atoms with Gasteiger partial charge in [0.15, 0.2) is 0 Å². The number of aryl methyl sites for hydroxylation is 1. The van der Waals surface area contributed by atoms with E-state index in [1.807, 2.05) is 19.1 Å². The van der Waals surface area contributed by atoms with Crippen molar-refractivity contribution in [2.24, 2.45) is 0 Å². The van der Waals surface area contributed by atoms with Crippen LogP contribution in [-0.4, -0.2) is 16.8 Å². The smallest absolute Gasteiger partial charge is 0.241 e. The van der Waals surface area contributed by atoms with Gasteiger partial charge in [-0.2, -0.15) is 5.10 Å². The fourth-order valence-corrected chi connectivity index (χ4v) is 1.47. The summed E-state index contributed by atoms with van der Waals surface area (Å²) in [7, 11) is 0. The summed E-state index contributed by atoms with van der Waals surface area (Å²) in [6.45, 7) is 4.61. The van der Waals surface area contributed by atoms with E-state index in [0.717, 1.165) is 10.8 Å². The van der Waals surface area contributed by atoms with Crippen molar-refractivity contribution in [2.45, 2.75) is 13.8 Å². The Morgan fingerprint density at radius 3 is 2.93 bits per heavy atom. The number of benzene rings is 1. The highest BCUT2D eigenvalue weighted by Gasteiger charge is 2.04. The van der Waals surface area contributed by atoms with Crippen LogP contribution in [0.1, 0.15) is 12.5 Å². The first-order valence-corrected chi connectivity index (χ1v) is 4.66. The maximum absolute atomic E-state index is 5.40. The van der Waals surface area contributed by atoms with Crippen LogP contribution in [0.5, 0.6) is 5.88 Å². The van der Waals surface area contributed by atoms with Crippen LogP contribution in [0.15, 0.2) is 24.4 Å². The highest BCUT2D eigenvalue weighted by Crippen LogP contribution is 2.23. The molecule has 2 aromatic rings. The Labute approximate surface area is 82.7 Å². The van der Waals surface area contributed by atoms with E-state index in [1.165, 1.54) is 5.56 Å². The highest BCUT2D eigenvalue weighted by atomic mass is 16.5. The number of hydrogen-bond acceptors (Lipinski definition) is 3. The molecule has 3 nitrogen and oxygen atoms in total. The van der Waals surface area contributed by atoms with Crippen molar-refractivity contribution >= 4 is 10.8 Å². The molecule has 2 rings (SSSR count). The summed E-state index contributed by atoms with van der Waals surface area (Å²) < 4.78 is 5.40. The third-order valence-electron chi connectivity index (χ3n) is 2.17. The zero-order valence-corrected chi connectivity index (χ0v) is 8.32. The fraction of sp³-hybridized carbons (Fsp3) is 0.273. The molecule has 0 radical (unpaired) electrons. The van der Waals surface area contributed by atoms with Crippen molar-refractivity contribution in [1.82, 2.24) is 10.2 Å². The number of fused-ring (bicyclic) bond motifs is 1. The molecule has 3 heteroatoms. The van der Waals surface area contributed by atoms with E-state index in [9.17, 15) is 0 Å². The molecule has 0 spiro atoms. The van der Waals surface area contributed by atoms with Crippen molar-refractivity contribution in [3.05, 3.63) is 30.0 Å². The van der Waals surface area contributed by atoms with E-state index in [0.29, 0.717) is 12.5 Å². The van der Waals surface area contributed by atoms with Gasteiger partial charge in [-0.3, -0.25) is 0 Å². The summed E-state index contributed by atoms with van der Waals surface area (Å²) in [5.74, 6) is 0.619. The highest BCUT2D eigenvalue weighted by molar-refractivity contribution is 5.88. The van der Waals surface area contributed by atoms with Crippen LogP contribution in [0.4, 0.5) is 0 Å². The molecule has 0 amide bonds. The van der Waals surface area contributed by atoms with Crippen LogP contribution in [0.3, 0.4) is 0 Å². The lowest BCUT2D eigenvalue weighted by Gasteiger charge is -2.05. The van der Waals surface area contributed by atoms with Crippen LogP contribution in [-0.2, 0) is 0 Å². The lowest BCUT2D eigenvalue weighted by atomic mass is 10.1. The zero-order valence-electron chi connectivity index (χ0n) is 8.32. The van der Waals surface area contributed by atoms with E-state index in [1.54, 1.807) is 6.20 Å². The lowest BCUT2D eigenvalue weighted by Crippen LogP contribution is -1.97. The molecule has 72 valence electrons. The standard InChI is InChI=1S/C11H12N2O/c1-3-14-11-9-6-4-5-8(2)10(9)7-12-13-11/h4-7H,3H2,1-2H3. The molecule has 0 N–H and O–H groups in total. The molecule has 0 aliphatic carbocycles. The summed E-state index contributed by atoms with van der Waals surface area (Å²) in [6, 6.07) is 6.06. The second-order valence-electron chi connectivity index (χ2n) is 3.12. The summed E-state index contributed by atoms with van der Waals surface area (Å²) in [4.78, 5) is 0. The molecular weight excluding hydrogens is 176 g/mol. The van der Waals surface area contributed by atoms with Crippen molar-refractivity contribution < 1.29 is 4.74 Å². The Kier molecular flexibility index (Phi) is 2.31. The molecule has 0 bridgehead atoms. The molecule has 0 aliphatic rings. The van der Waals surface area contributed by atoms with Gasteiger partial charge in [0.05, 0.1) is 12.8 Å². The molecule has 0 atom stereocenters. The Morgan fingerprint density at radius 2 is 2.14 bits per heavy atom. The van der Waals surface area contributed by atoms with Gasteiger partial charge >= 0.3 is 0 Å². The molecule has 1 heterocycles. The minimum absolute atomic E-state index is 0.613. The van der Waals surface area contributed by atoms with Crippen LogP contribution in [0.25, 0.3) is 10.8 Å². The lowest BCUT2D eigenvalue weighted by molar-refractivity contribution is 0.327. The minimum atomic E-state index is 0.613. The first-order valence-electron chi connectivity index (χ1n) is 4.66. The summed E-state index contributed by atoms with van der Waals surface area (Å²) in [5.41, 5.74) is 1.19. The van der Waals surface area contributed by atoms with E-state index in [-0.39, 0.29) is 0 Å². The summed E-state index contributed by atoms with van der Waals surface area (Å²) in [6.07, 6.45) is 1.77. The fourth-order valence-electron chi connectivity index (χ4n) is 1.47. The van der Waals surface area contributed by atoms with Gasteiger partial charge in [-0.15, -0.1) is 5.10 Å². The van der Waals surface area contributed by atoms with Crippen LogP contribution in [0, 0.1) is 6.92 Å². The van der Waals surface area contributed by atoms with E-state index in [2.05, 4.69) is 23.2 Å². The first kappa shape index (κ1) is 8.94. The van der Waals surface area contributed by atoms with Gasteiger partial charge in [0.1, 0.15) is 0 Å². The Hall–Kier alpha value is -1.64. The Bertz CT molecular complexity index is 454. The van der Waals surface area contributed by atoms with Crippen molar-refractivity contribution in [2.75, 3.05) is 6.61 Å². The SMILES string of the molecule is CCOc1nncc2c(C)cccc12. The molecule has 14 heavy (non-hydrogen) atoms. The molecule has 0 saturated heterocycles. The largest absolute Gasteiger partial charge is 0.476 e. The number of hydrogen-bond donors (Lipinski definition) is 0. The van der Waals surface area contributed by atoms with Gasteiger partial charge in [-0.25, -0.2) is 0 Å². The third-order valence-corrected chi connectivity index (χ3v) is 2.17. The molecule has 1 aromatic carbocycles. The van der Waals surface area contributed by atoms with Crippen LogP contribution >= 0.6 is 0 Å². The number of aromatic nitrogens is 2. The van der Waals surface area contributed by atoms with Gasteiger partial charge in [0.25, 0.3) is 0 Å². The van der Waals surface area contributed by atoms with Crippen LogP contribution in [0.2, 0.25) is 0 Å². The zero-order chi connectivity index (χ0) is 9.97. The molecule has 0 saturated carbocycles. The predicted octanol–water partition coefficient (Wildman–Crippen LogP) is 2.34. The number of rotatable bonds is 2. The number of ether oxygens (including phenoxy) is 1. The van der Waals surface area contributed by atoms with Gasteiger partial charge in [0.2, 0.25) is 5.88 Å². The quantitative estimate of drug-likeness (QED) is 0.725.